The van der Waals surface area contributed by atoms with E-state index in [2.05, 4.69) is 15.5 Å². The molecule has 1 amide bonds. The fourth-order valence-corrected chi connectivity index (χ4v) is 3.42. The lowest BCUT2D eigenvalue weighted by molar-refractivity contribution is -0.121. The molecule has 3 rings (SSSR count). The Bertz CT molecular complexity index is 679. The summed E-state index contributed by atoms with van der Waals surface area (Å²) in [4.78, 5) is 12.2. The molecule has 0 radical (unpaired) electrons. The van der Waals surface area contributed by atoms with Crippen LogP contribution in [-0.2, 0) is 16.0 Å². The van der Waals surface area contributed by atoms with Gasteiger partial charge in [-0.1, -0.05) is 56.0 Å². The summed E-state index contributed by atoms with van der Waals surface area (Å²) in [6, 6.07) is 10.1. The second kappa shape index (κ2) is 9.48. The van der Waals surface area contributed by atoms with Crippen molar-refractivity contribution in [3.8, 4) is 0 Å². The Morgan fingerprint density at radius 1 is 1.19 bits per heavy atom. The van der Waals surface area contributed by atoms with E-state index in [0.717, 1.165) is 18.4 Å². The quantitative estimate of drug-likeness (QED) is 0.767. The average molecular weight is 357 g/mol. The molecule has 0 spiro atoms. The number of nitrogens with one attached hydrogen (secondary N) is 1. The number of hydrogen-bond acceptors (Lipinski definition) is 5. The number of aromatic nitrogens is 2. The van der Waals surface area contributed by atoms with Gasteiger partial charge in [-0.2, -0.15) is 0 Å². The summed E-state index contributed by atoms with van der Waals surface area (Å²) in [7, 11) is 1.61. The largest absolute Gasteiger partial charge is 0.422 e. The van der Waals surface area contributed by atoms with Crippen LogP contribution in [0.3, 0.4) is 0 Å². The van der Waals surface area contributed by atoms with Crippen LogP contribution < -0.4 is 5.32 Å². The van der Waals surface area contributed by atoms with Crippen molar-refractivity contribution in [3.63, 3.8) is 0 Å². The Hall–Kier alpha value is -2.21. The summed E-state index contributed by atoms with van der Waals surface area (Å²) in [5.41, 5.74) is 0.955. The molecule has 140 valence electrons. The summed E-state index contributed by atoms with van der Waals surface area (Å²) >= 11 is 0. The Balaban J connectivity index is 1.52. The van der Waals surface area contributed by atoms with Gasteiger partial charge in [0.25, 0.3) is 0 Å². The summed E-state index contributed by atoms with van der Waals surface area (Å²) in [6.07, 6.45) is 7.55. The van der Waals surface area contributed by atoms with Crippen LogP contribution in [0.1, 0.15) is 68.4 Å². The van der Waals surface area contributed by atoms with Crippen LogP contribution in [0.5, 0.6) is 0 Å². The van der Waals surface area contributed by atoms with Gasteiger partial charge < -0.3 is 14.5 Å². The van der Waals surface area contributed by atoms with Crippen molar-refractivity contribution in [2.45, 2.75) is 63.5 Å². The Labute approximate surface area is 154 Å². The van der Waals surface area contributed by atoms with Crippen molar-refractivity contribution in [3.05, 3.63) is 47.7 Å². The topological polar surface area (TPSA) is 77.2 Å². The highest BCUT2D eigenvalue weighted by atomic mass is 16.5. The highest BCUT2D eigenvalue weighted by Gasteiger charge is 2.21. The van der Waals surface area contributed by atoms with Crippen molar-refractivity contribution < 1.29 is 13.9 Å². The van der Waals surface area contributed by atoms with E-state index >= 15 is 0 Å². The van der Waals surface area contributed by atoms with E-state index in [1.165, 1.54) is 25.7 Å². The minimum absolute atomic E-state index is 0.0583. The van der Waals surface area contributed by atoms with Crippen LogP contribution >= 0.6 is 0 Å². The van der Waals surface area contributed by atoms with Gasteiger partial charge in [0, 0.05) is 26.0 Å². The molecule has 6 heteroatoms. The standard InChI is InChI=1S/C20H27N3O3/c1-25-19(15-9-5-4-6-10-15)20-23-22-18(26-20)14-13-17(24)21-16-11-7-2-3-8-12-16/h4-6,9-10,16,19H,2-3,7-8,11-14H2,1H3,(H,21,24). The molecule has 0 bridgehead atoms. The molecule has 1 aromatic carbocycles. The van der Waals surface area contributed by atoms with E-state index in [1.54, 1.807) is 7.11 Å². The zero-order valence-corrected chi connectivity index (χ0v) is 15.3. The predicted molar refractivity (Wildman–Crippen MR) is 97.5 cm³/mol. The number of nitrogens with zero attached hydrogens (tertiary/aromatic N) is 2. The van der Waals surface area contributed by atoms with Crippen molar-refractivity contribution >= 4 is 5.91 Å². The van der Waals surface area contributed by atoms with Gasteiger partial charge in [0.2, 0.25) is 17.7 Å². The third-order valence-corrected chi connectivity index (χ3v) is 4.83. The fourth-order valence-electron chi connectivity index (χ4n) is 3.42. The normalized spacial score (nSPS) is 16.8. The summed E-state index contributed by atoms with van der Waals surface area (Å²) in [5, 5.41) is 11.3. The zero-order chi connectivity index (χ0) is 18.2. The zero-order valence-electron chi connectivity index (χ0n) is 15.3. The first-order valence-corrected chi connectivity index (χ1v) is 9.45. The molecule has 1 N–H and O–H groups in total. The van der Waals surface area contributed by atoms with Gasteiger partial charge in [0.05, 0.1) is 0 Å². The summed E-state index contributed by atoms with van der Waals surface area (Å²) < 4.78 is 11.2. The van der Waals surface area contributed by atoms with Crippen LogP contribution in [0.2, 0.25) is 0 Å². The number of amides is 1. The van der Waals surface area contributed by atoms with Gasteiger partial charge in [0.15, 0.2) is 6.10 Å². The molecule has 6 nitrogen and oxygen atoms in total. The van der Waals surface area contributed by atoms with Gasteiger partial charge in [-0.3, -0.25) is 4.79 Å². The van der Waals surface area contributed by atoms with E-state index in [1.807, 2.05) is 30.3 Å². The summed E-state index contributed by atoms with van der Waals surface area (Å²) in [6.45, 7) is 0. The van der Waals surface area contributed by atoms with Gasteiger partial charge in [-0.05, 0) is 18.4 Å². The minimum atomic E-state index is -0.391. The second-order valence-electron chi connectivity index (χ2n) is 6.82. The number of benzene rings is 1. The van der Waals surface area contributed by atoms with Gasteiger partial charge in [-0.25, -0.2) is 0 Å². The molecular weight excluding hydrogens is 330 g/mol. The van der Waals surface area contributed by atoms with Gasteiger partial charge in [0.1, 0.15) is 0 Å². The first-order chi connectivity index (χ1) is 12.8. The first-order valence-electron chi connectivity index (χ1n) is 9.45. The maximum atomic E-state index is 12.2. The van der Waals surface area contributed by atoms with Crippen molar-refractivity contribution in [2.75, 3.05) is 7.11 Å². The third-order valence-electron chi connectivity index (χ3n) is 4.83. The minimum Gasteiger partial charge on any atom is -0.422 e. The van der Waals surface area contributed by atoms with Crippen LogP contribution in [0.4, 0.5) is 0 Å². The molecule has 1 atom stereocenters. The van der Waals surface area contributed by atoms with Crippen LogP contribution in [0.15, 0.2) is 34.7 Å². The van der Waals surface area contributed by atoms with E-state index < -0.39 is 6.10 Å². The maximum absolute atomic E-state index is 12.2. The highest BCUT2D eigenvalue weighted by molar-refractivity contribution is 5.76. The first kappa shape index (κ1) is 18.6. The van der Waals surface area contributed by atoms with Crippen LogP contribution in [0, 0.1) is 0 Å². The molecule has 2 aromatic rings. The van der Waals surface area contributed by atoms with Crippen LogP contribution in [0.25, 0.3) is 0 Å². The van der Waals surface area contributed by atoms with E-state index in [-0.39, 0.29) is 5.91 Å². The van der Waals surface area contributed by atoms with E-state index in [4.69, 9.17) is 9.15 Å². The van der Waals surface area contributed by atoms with Crippen molar-refractivity contribution in [2.24, 2.45) is 0 Å². The summed E-state index contributed by atoms with van der Waals surface area (Å²) in [5.74, 6) is 0.940. The number of carbonyl (C=O) groups excluding carboxylic acids is 1. The number of carbonyl (C=O) groups is 1. The highest BCUT2D eigenvalue weighted by Crippen LogP contribution is 2.24. The lowest BCUT2D eigenvalue weighted by Crippen LogP contribution is -2.34. The molecule has 1 aliphatic carbocycles. The second-order valence-corrected chi connectivity index (χ2v) is 6.82. The molecule has 1 unspecified atom stereocenters. The monoisotopic (exact) mass is 357 g/mol. The van der Waals surface area contributed by atoms with Crippen molar-refractivity contribution in [1.82, 2.24) is 15.5 Å². The lowest BCUT2D eigenvalue weighted by atomic mass is 10.1. The molecule has 1 heterocycles. The Kier molecular flexibility index (Phi) is 6.77. The molecule has 1 aromatic heterocycles. The predicted octanol–water partition coefficient (Wildman–Crippen LogP) is 3.58. The van der Waals surface area contributed by atoms with Gasteiger partial charge in [-0.15, -0.1) is 10.2 Å². The maximum Gasteiger partial charge on any atom is 0.249 e. The average Bonchev–Trinajstić information content (AvgIpc) is 2.98. The molecule has 1 fully saturated rings. The molecule has 26 heavy (non-hydrogen) atoms. The number of methoxy groups -OCH3 is 1. The van der Waals surface area contributed by atoms with E-state index in [9.17, 15) is 4.79 Å². The number of hydrogen-bond donors (Lipinski definition) is 1. The molecular formula is C20H27N3O3. The van der Waals surface area contributed by atoms with E-state index in [0.29, 0.717) is 30.7 Å². The van der Waals surface area contributed by atoms with Gasteiger partial charge >= 0.3 is 0 Å². The number of ether oxygens (including phenoxy) is 1. The lowest BCUT2D eigenvalue weighted by Gasteiger charge is -2.15. The van der Waals surface area contributed by atoms with Crippen LogP contribution in [-0.4, -0.2) is 29.3 Å². The molecule has 1 aliphatic rings. The fraction of sp³-hybridized carbons (Fsp3) is 0.550. The molecule has 1 saturated carbocycles. The Morgan fingerprint density at radius 2 is 1.92 bits per heavy atom. The molecule has 0 aliphatic heterocycles. The SMILES string of the molecule is COC(c1ccccc1)c1nnc(CCC(=O)NC2CCCCCC2)o1. The number of aryl methyl sites for hydroxylation is 1. The molecule has 0 saturated heterocycles. The third kappa shape index (κ3) is 5.14. The number of rotatable bonds is 7. The Morgan fingerprint density at radius 3 is 2.62 bits per heavy atom. The smallest absolute Gasteiger partial charge is 0.249 e. The van der Waals surface area contributed by atoms with Crippen molar-refractivity contribution in [1.29, 1.82) is 0 Å².